The second-order valence-electron chi connectivity index (χ2n) is 5.22. The third kappa shape index (κ3) is 3.13. The summed E-state index contributed by atoms with van der Waals surface area (Å²) in [6, 6.07) is 4.22. The van der Waals surface area contributed by atoms with Gasteiger partial charge in [-0.05, 0) is 30.7 Å². The van der Waals surface area contributed by atoms with Crippen LogP contribution in [0.4, 0.5) is 10.1 Å². The number of carbonyl (C=O) groups is 1. The molecule has 0 saturated heterocycles. The number of nitrogens with zero attached hydrogens (tertiary/aromatic N) is 2. The number of carboxylic acid groups (broad SMARTS) is 1. The second kappa shape index (κ2) is 6.40. The summed E-state index contributed by atoms with van der Waals surface area (Å²) in [4.78, 5) is 26.6. The average Bonchev–Trinajstić information content (AvgIpc) is 3.03. The van der Waals surface area contributed by atoms with E-state index in [0.717, 1.165) is 15.9 Å². The number of thiazole rings is 1. The summed E-state index contributed by atoms with van der Waals surface area (Å²) < 4.78 is 14.5. The molecule has 1 aromatic heterocycles. The molecule has 0 atom stereocenters. The van der Waals surface area contributed by atoms with Gasteiger partial charge in [0.2, 0.25) is 5.88 Å². The summed E-state index contributed by atoms with van der Waals surface area (Å²) in [6.07, 6.45) is 3.27. The molecule has 1 aliphatic heterocycles. The maximum atomic E-state index is 13.4. The largest absolute Gasteiger partial charge is 0.493 e. The van der Waals surface area contributed by atoms with Gasteiger partial charge >= 0.3 is 10.8 Å². The lowest BCUT2D eigenvalue weighted by Crippen LogP contribution is -2.13. The number of allylic oxidation sites excluding steroid dienone is 1. The van der Waals surface area contributed by atoms with Gasteiger partial charge in [-0.15, -0.1) is 0 Å². The monoisotopic (exact) mass is 348 g/mol. The smallest absolute Gasteiger partial charge is 0.310 e. The van der Waals surface area contributed by atoms with E-state index in [1.54, 1.807) is 18.4 Å². The molecule has 1 aliphatic rings. The van der Waals surface area contributed by atoms with Crippen molar-refractivity contribution in [2.24, 2.45) is 4.99 Å². The van der Waals surface area contributed by atoms with E-state index in [0.29, 0.717) is 21.7 Å². The third-order valence-electron chi connectivity index (χ3n) is 3.56. The van der Waals surface area contributed by atoms with E-state index in [-0.39, 0.29) is 30.1 Å². The Morgan fingerprint density at radius 1 is 1.42 bits per heavy atom. The van der Waals surface area contributed by atoms with Crippen LogP contribution in [0.3, 0.4) is 0 Å². The summed E-state index contributed by atoms with van der Waals surface area (Å²) in [6.45, 7) is 0.121. The van der Waals surface area contributed by atoms with Crippen LogP contribution in [-0.2, 0) is 11.3 Å². The van der Waals surface area contributed by atoms with Crippen molar-refractivity contribution in [1.29, 1.82) is 0 Å². The molecule has 24 heavy (non-hydrogen) atoms. The Kier molecular flexibility index (Phi) is 4.30. The van der Waals surface area contributed by atoms with Gasteiger partial charge in [-0.3, -0.25) is 19.1 Å². The molecule has 124 valence electrons. The van der Waals surface area contributed by atoms with Crippen LogP contribution < -0.4 is 4.87 Å². The van der Waals surface area contributed by atoms with Crippen molar-refractivity contribution in [3.8, 4) is 5.88 Å². The Balaban J connectivity index is 1.90. The molecule has 0 amide bonds. The number of aromatic hydroxyl groups is 1. The number of benzene rings is 1. The number of fused-ring (bicyclic) bond motifs is 1. The number of aliphatic imine (C=N–C) groups is 1. The molecule has 0 fully saturated rings. The molecular formula is C16H13FN2O4S. The molecule has 8 heteroatoms. The van der Waals surface area contributed by atoms with Crippen molar-refractivity contribution < 1.29 is 19.4 Å². The first-order valence-electron chi connectivity index (χ1n) is 7.16. The van der Waals surface area contributed by atoms with Crippen LogP contribution in [-0.4, -0.2) is 27.0 Å². The van der Waals surface area contributed by atoms with Gasteiger partial charge in [0.25, 0.3) is 0 Å². The molecule has 3 rings (SSSR count). The number of carboxylic acids is 1. The lowest BCUT2D eigenvalue weighted by Gasteiger charge is -2.02. The SMILES string of the molecule is O=C(O)CCCn1c(O)c(/C=C2\C=Nc3ccc(F)cc32)sc1=O. The minimum Gasteiger partial charge on any atom is -0.493 e. The summed E-state index contributed by atoms with van der Waals surface area (Å²) in [5, 5.41) is 18.8. The van der Waals surface area contributed by atoms with Crippen LogP contribution in [0.2, 0.25) is 0 Å². The molecule has 0 radical (unpaired) electrons. The molecule has 0 saturated carbocycles. The van der Waals surface area contributed by atoms with E-state index >= 15 is 0 Å². The fourth-order valence-electron chi connectivity index (χ4n) is 2.41. The minimum absolute atomic E-state index is 0.0859. The zero-order chi connectivity index (χ0) is 17.3. The van der Waals surface area contributed by atoms with E-state index in [9.17, 15) is 19.1 Å². The molecule has 2 N–H and O–H groups in total. The summed E-state index contributed by atoms with van der Waals surface area (Å²) in [7, 11) is 0. The maximum Gasteiger partial charge on any atom is 0.310 e. The molecule has 2 aromatic rings. The summed E-state index contributed by atoms with van der Waals surface area (Å²) in [5.41, 5.74) is 1.81. The van der Waals surface area contributed by atoms with Gasteiger partial charge in [0.05, 0.1) is 10.6 Å². The second-order valence-corrected chi connectivity index (χ2v) is 6.22. The van der Waals surface area contributed by atoms with Crippen molar-refractivity contribution in [2.75, 3.05) is 0 Å². The predicted octanol–water partition coefficient (Wildman–Crippen LogP) is 2.88. The standard InChI is InChI=1S/C16H13FN2O4S/c17-10-3-4-12-11(7-10)9(8-18-12)6-13-15(22)19(16(23)24-13)5-1-2-14(20)21/h3-4,6-8,22H,1-2,5H2,(H,20,21)/b9-6+. The number of aromatic nitrogens is 1. The molecule has 6 nitrogen and oxygen atoms in total. The van der Waals surface area contributed by atoms with Crippen molar-refractivity contribution in [3.63, 3.8) is 0 Å². The highest BCUT2D eigenvalue weighted by atomic mass is 32.1. The van der Waals surface area contributed by atoms with Gasteiger partial charge in [-0.2, -0.15) is 0 Å². The number of aliphatic carboxylic acids is 1. The van der Waals surface area contributed by atoms with Crippen LogP contribution in [0.15, 0.2) is 28.0 Å². The Morgan fingerprint density at radius 2 is 2.21 bits per heavy atom. The highest BCUT2D eigenvalue weighted by Gasteiger charge is 2.17. The highest BCUT2D eigenvalue weighted by molar-refractivity contribution is 7.10. The van der Waals surface area contributed by atoms with E-state index in [4.69, 9.17) is 5.11 Å². The van der Waals surface area contributed by atoms with E-state index in [1.807, 2.05) is 0 Å². The predicted molar refractivity (Wildman–Crippen MR) is 89.5 cm³/mol. The fraction of sp³-hybridized carbons (Fsp3) is 0.188. The summed E-state index contributed by atoms with van der Waals surface area (Å²) in [5.74, 6) is -1.57. The molecular weight excluding hydrogens is 335 g/mol. The van der Waals surface area contributed by atoms with Gasteiger partial charge in [0.15, 0.2) is 0 Å². The van der Waals surface area contributed by atoms with Crippen molar-refractivity contribution in [1.82, 2.24) is 4.57 Å². The lowest BCUT2D eigenvalue weighted by molar-refractivity contribution is -0.137. The fourth-order valence-corrected chi connectivity index (χ4v) is 3.27. The van der Waals surface area contributed by atoms with Crippen LogP contribution in [0.1, 0.15) is 23.3 Å². The van der Waals surface area contributed by atoms with Crippen LogP contribution in [0.25, 0.3) is 11.6 Å². The lowest BCUT2D eigenvalue weighted by atomic mass is 10.1. The van der Waals surface area contributed by atoms with E-state index in [1.165, 1.54) is 12.1 Å². The van der Waals surface area contributed by atoms with Crippen LogP contribution in [0.5, 0.6) is 5.88 Å². The number of hydrogen-bond donors (Lipinski definition) is 2. The molecule has 0 unspecified atom stereocenters. The zero-order valence-electron chi connectivity index (χ0n) is 12.4. The van der Waals surface area contributed by atoms with E-state index in [2.05, 4.69) is 4.99 Å². The average molecular weight is 348 g/mol. The number of hydrogen-bond acceptors (Lipinski definition) is 5. The van der Waals surface area contributed by atoms with Gasteiger partial charge in [-0.1, -0.05) is 11.3 Å². The van der Waals surface area contributed by atoms with Crippen molar-refractivity contribution >= 4 is 40.9 Å². The van der Waals surface area contributed by atoms with Gasteiger partial charge in [0, 0.05) is 30.3 Å². The molecule has 0 bridgehead atoms. The Hall–Kier alpha value is -2.74. The molecule has 2 heterocycles. The van der Waals surface area contributed by atoms with E-state index < -0.39 is 11.8 Å². The van der Waals surface area contributed by atoms with Crippen molar-refractivity contribution in [3.05, 3.63) is 44.1 Å². The minimum atomic E-state index is -0.957. The van der Waals surface area contributed by atoms with Crippen LogP contribution in [0, 0.1) is 5.82 Å². The first-order chi connectivity index (χ1) is 11.5. The Bertz CT molecular complexity index is 927. The molecule has 0 aliphatic carbocycles. The third-order valence-corrected chi connectivity index (χ3v) is 4.48. The van der Waals surface area contributed by atoms with Crippen LogP contribution >= 0.6 is 11.3 Å². The topological polar surface area (TPSA) is 91.9 Å². The number of rotatable bonds is 5. The highest BCUT2D eigenvalue weighted by Crippen LogP contribution is 2.35. The number of halogens is 1. The van der Waals surface area contributed by atoms with Gasteiger partial charge < -0.3 is 10.2 Å². The normalized spacial score (nSPS) is 14.3. The van der Waals surface area contributed by atoms with Gasteiger partial charge in [-0.25, -0.2) is 4.39 Å². The Morgan fingerprint density at radius 3 is 2.96 bits per heavy atom. The van der Waals surface area contributed by atoms with Crippen molar-refractivity contribution in [2.45, 2.75) is 19.4 Å². The van der Waals surface area contributed by atoms with Gasteiger partial charge in [0.1, 0.15) is 5.82 Å². The Labute approximate surface area is 139 Å². The summed E-state index contributed by atoms with van der Waals surface area (Å²) >= 11 is 0.844. The maximum absolute atomic E-state index is 13.4. The first-order valence-corrected chi connectivity index (χ1v) is 7.97. The zero-order valence-corrected chi connectivity index (χ0v) is 13.2. The first kappa shape index (κ1) is 16.1. The quantitative estimate of drug-likeness (QED) is 0.869. The molecule has 1 aromatic carbocycles. The molecule has 0 spiro atoms.